The van der Waals surface area contributed by atoms with E-state index in [1.165, 1.54) is 19.3 Å². The number of aliphatic hydroxyl groups is 1. The number of fused-ring (bicyclic) bond motifs is 3. The number of carbonyl (C=O) groups excluding carboxylic acids is 1. The van der Waals surface area contributed by atoms with Gasteiger partial charge < -0.3 is 9.84 Å². The summed E-state index contributed by atoms with van der Waals surface area (Å²) in [5.41, 5.74) is 0.245. The molecule has 3 heteroatoms. The molecule has 5 rings (SSSR count). The quantitative estimate of drug-likeness (QED) is 0.755. The average Bonchev–Trinajstić information content (AvgIpc) is 3.12. The number of rotatable bonds is 1. The van der Waals surface area contributed by atoms with Gasteiger partial charge in [0.2, 0.25) is 0 Å². The van der Waals surface area contributed by atoms with Gasteiger partial charge in [0.05, 0.1) is 6.10 Å². The van der Waals surface area contributed by atoms with Crippen molar-refractivity contribution < 1.29 is 14.6 Å². The van der Waals surface area contributed by atoms with Gasteiger partial charge in [0.15, 0.2) is 5.78 Å². The van der Waals surface area contributed by atoms with E-state index >= 15 is 0 Å². The summed E-state index contributed by atoms with van der Waals surface area (Å²) in [7, 11) is 0. The SMILES string of the molecule is CC1C2OC2C(=O)C2(C)CCC3C4C(C)(CO)CCC4(C)CC132. The van der Waals surface area contributed by atoms with Gasteiger partial charge in [-0.05, 0) is 66.1 Å². The predicted octanol–water partition coefficient (Wildman–Crippen LogP) is 3.19. The maximum atomic E-state index is 13.1. The van der Waals surface area contributed by atoms with E-state index in [9.17, 15) is 9.90 Å². The molecule has 0 amide bonds. The fraction of sp³-hybridized carbons (Fsp3) is 0.950. The van der Waals surface area contributed by atoms with Gasteiger partial charge in [-0.1, -0.05) is 27.7 Å². The second-order valence-corrected chi connectivity index (χ2v) is 10.3. The summed E-state index contributed by atoms with van der Waals surface area (Å²) in [4.78, 5) is 13.1. The minimum absolute atomic E-state index is 0.0399. The van der Waals surface area contributed by atoms with Crippen LogP contribution in [0.5, 0.6) is 0 Å². The van der Waals surface area contributed by atoms with Crippen LogP contribution in [-0.4, -0.2) is 29.7 Å². The zero-order chi connectivity index (χ0) is 16.4. The molecule has 9 atom stereocenters. The van der Waals surface area contributed by atoms with Gasteiger partial charge in [-0.25, -0.2) is 0 Å². The maximum absolute atomic E-state index is 13.1. The van der Waals surface area contributed by atoms with Crippen molar-refractivity contribution in [2.24, 2.45) is 39.4 Å². The van der Waals surface area contributed by atoms with Crippen molar-refractivity contribution in [3.05, 3.63) is 0 Å². The second-order valence-electron chi connectivity index (χ2n) is 10.3. The Morgan fingerprint density at radius 2 is 1.96 bits per heavy atom. The Labute approximate surface area is 139 Å². The highest BCUT2D eigenvalue weighted by Gasteiger charge is 2.80. The number of hydrogen-bond donors (Lipinski definition) is 1. The topological polar surface area (TPSA) is 49.8 Å². The molecule has 0 aromatic heterocycles. The normalized spacial score (nSPS) is 66.0. The molecule has 5 fully saturated rings. The summed E-state index contributed by atoms with van der Waals surface area (Å²) in [6, 6.07) is 0. The molecule has 1 aliphatic heterocycles. The molecule has 128 valence electrons. The lowest BCUT2D eigenvalue weighted by atomic mass is 9.50. The van der Waals surface area contributed by atoms with Crippen molar-refractivity contribution in [1.82, 2.24) is 0 Å². The lowest BCUT2D eigenvalue weighted by Crippen LogP contribution is -2.55. The van der Waals surface area contributed by atoms with E-state index in [0.717, 1.165) is 12.8 Å². The Hall–Kier alpha value is -0.410. The van der Waals surface area contributed by atoms with Crippen LogP contribution in [0.25, 0.3) is 0 Å². The fourth-order valence-corrected chi connectivity index (χ4v) is 8.55. The lowest BCUT2D eigenvalue weighted by molar-refractivity contribution is -0.143. The zero-order valence-corrected chi connectivity index (χ0v) is 14.9. The molecule has 5 aliphatic rings. The number of aliphatic hydroxyl groups excluding tert-OH is 1. The number of carbonyl (C=O) groups is 1. The van der Waals surface area contributed by atoms with Crippen molar-refractivity contribution in [3.8, 4) is 0 Å². The van der Waals surface area contributed by atoms with Gasteiger partial charge in [0.1, 0.15) is 6.10 Å². The van der Waals surface area contributed by atoms with Crippen molar-refractivity contribution >= 4 is 5.78 Å². The first-order chi connectivity index (χ1) is 10.7. The van der Waals surface area contributed by atoms with Crippen molar-refractivity contribution in [3.63, 3.8) is 0 Å². The van der Waals surface area contributed by atoms with Crippen LogP contribution in [0.15, 0.2) is 0 Å². The predicted molar refractivity (Wildman–Crippen MR) is 86.7 cm³/mol. The Morgan fingerprint density at radius 3 is 2.65 bits per heavy atom. The zero-order valence-electron chi connectivity index (χ0n) is 14.9. The lowest BCUT2D eigenvalue weighted by Gasteiger charge is -2.51. The number of hydrogen-bond acceptors (Lipinski definition) is 3. The standard InChI is InChI=1S/C20H30O3/c1-11-13-14(23-13)16(22)19(4)6-5-12-15-17(2,9-20(11,12)19)7-8-18(15,3)10-21/h11-15,21H,5-10H2,1-4H3. The van der Waals surface area contributed by atoms with Crippen LogP contribution in [0.2, 0.25) is 0 Å². The monoisotopic (exact) mass is 318 g/mol. The summed E-state index contributed by atoms with van der Waals surface area (Å²) in [6.45, 7) is 9.65. The second kappa shape index (κ2) is 3.88. The molecular formula is C20H30O3. The van der Waals surface area contributed by atoms with Crippen LogP contribution in [0.1, 0.15) is 59.8 Å². The fourth-order valence-electron chi connectivity index (χ4n) is 8.55. The van der Waals surface area contributed by atoms with E-state index in [4.69, 9.17) is 4.74 Å². The van der Waals surface area contributed by atoms with Gasteiger partial charge in [-0.3, -0.25) is 4.79 Å². The third-order valence-electron chi connectivity index (χ3n) is 9.51. The van der Waals surface area contributed by atoms with E-state index in [1.54, 1.807) is 0 Å². The molecule has 0 aromatic rings. The van der Waals surface area contributed by atoms with Crippen LogP contribution in [0.4, 0.5) is 0 Å². The first-order valence-electron chi connectivity index (χ1n) is 9.54. The van der Waals surface area contributed by atoms with Crippen LogP contribution in [0.3, 0.4) is 0 Å². The van der Waals surface area contributed by atoms with Crippen LogP contribution in [0, 0.1) is 39.4 Å². The van der Waals surface area contributed by atoms with Crippen molar-refractivity contribution in [2.45, 2.75) is 72.0 Å². The minimum Gasteiger partial charge on any atom is -0.396 e. The van der Waals surface area contributed by atoms with Crippen LogP contribution >= 0.6 is 0 Å². The first-order valence-corrected chi connectivity index (χ1v) is 9.54. The van der Waals surface area contributed by atoms with E-state index in [1.807, 2.05) is 0 Å². The molecule has 1 spiro atoms. The Kier molecular flexibility index (Phi) is 2.51. The highest BCUT2D eigenvalue weighted by Crippen LogP contribution is 2.81. The molecule has 4 saturated carbocycles. The van der Waals surface area contributed by atoms with Gasteiger partial charge in [-0.2, -0.15) is 0 Å². The molecule has 0 radical (unpaired) electrons. The van der Waals surface area contributed by atoms with Gasteiger partial charge in [0, 0.05) is 12.0 Å². The van der Waals surface area contributed by atoms with E-state index in [-0.39, 0.29) is 28.5 Å². The number of Topliss-reactive ketones (excluding diaryl/α,β-unsaturated/α-hetero) is 1. The van der Waals surface area contributed by atoms with Gasteiger partial charge in [-0.15, -0.1) is 0 Å². The molecule has 9 unspecified atom stereocenters. The van der Waals surface area contributed by atoms with Gasteiger partial charge >= 0.3 is 0 Å². The molecular weight excluding hydrogens is 288 g/mol. The largest absolute Gasteiger partial charge is 0.396 e. The molecule has 0 aromatic carbocycles. The van der Waals surface area contributed by atoms with Crippen molar-refractivity contribution in [2.75, 3.05) is 6.61 Å². The van der Waals surface area contributed by atoms with Crippen molar-refractivity contribution in [1.29, 1.82) is 0 Å². The highest BCUT2D eigenvalue weighted by molar-refractivity contribution is 5.93. The molecule has 1 saturated heterocycles. The summed E-state index contributed by atoms with van der Waals surface area (Å²) in [5, 5.41) is 10.2. The summed E-state index contributed by atoms with van der Waals surface area (Å²) >= 11 is 0. The number of ketones is 1. The maximum Gasteiger partial charge on any atom is 0.170 e. The Morgan fingerprint density at radius 1 is 1.22 bits per heavy atom. The molecule has 1 heterocycles. The highest BCUT2D eigenvalue weighted by atomic mass is 16.6. The van der Waals surface area contributed by atoms with Crippen LogP contribution in [-0.2, 0) is 9.53 Å². The summed E-state index contributed by atoms with van der Waals surface area (Å²) in [5.74, 6) is 2.03. The van der Waals surface area contributed by atoms with Crippen LogP contribution < -0.4 is 0 Å². The Bertz CT molecular complexity index is 602. The molecule has 3 nitrogen and oxygen atoms in total. The first kappa shape index (κ1) is 14.9. The molecule has 1 N–H and O–H groups in total. The van der Waals surface area contributed by atoms with E-state index in [2.05, 4.69) is 27.7 Å². The average molecular weight is 318 g/mol. The number of epoxide rings is 1. The molecule has 4 aliphatic carbocycles. The number of ether oxygens (including phenoxy) is 1. The molecule has 0 bridgehead atoms. The minimum atomic E-state index is -0.196. The van der Waals surface area contributed by atoms with Gasteiger partial charge in [0.25, 0.3) is 0 Å². The Balaban J connectivity index is 1.68. The third-order valence-corrected chi connectivity index (χ3v) is 9.51. The van der Waals surface area contributed by atoms with E-state index < -0.39 is 0 Å². The van der Waals surface area contributed by atoms with E-state index in [0.29, 0.717) is 35.6 Å². The summed E-state index contributed by atoms with van der Waals surface area (Å²) in [6.07, 6.45) is 5.79. The smallest absolute Gasteiger partial charge is 0.170 e. The summed E-state index contributed by atoms with van der Waals surface area (Å²) < 4.78 is 5.84. The third kappa shape index (κ3) is 1.34. The molecule has 23 heavy (non-hydrogen) atoms.